The molecule has 0 aliphatic carbocycles. The number of amides is 2. The molecular weight excluding hydrogens is 488 g/mol. The van der Waals surface area contributed by atoms with Gasteiger partial charge in [-0.25, -0.2) is 8.42 Å². The number of carbonyl (C=O) groups excluding carboxylic acids is 2. The number of nitrogens with one attached hydrogen (secondary N) is 1. The van der Waals surface area contributed by atoms with E-state index in [1.807, 2.05) is 25.2 Å². The second kappa shape index (κ2) is 11.5. The van der Waals surface area contributed by atoms with Gasteiger partial charge in [0.2, 0.25) is 21.8 Å². The summed E-state index contributed by atoms with van der Waals surface area (Å²) < 4.78 is 32.8. The molecule has 11 heteroatoms. The van der Waals surface area contributed by atoms with E-state index in [0.717, 1.165) is 11.4 Å². The second-order valence-corrected chi connectivity index (χ2v) is 11.4. The zero-order valence-corrected chi connectivity index (χ0v) is 21.3. The predicted octanol–water partition coefficient (Wildman–Crippen LogP) is 1.39. The maximum atomic E-state index is 13.1. The average molecular weight is 519 g/mol. The highest BCUT2D eigenvalue weighted by Crippen LogP contribution is 2.37. The first-order valence-corrected chi connectivity index (χ1v) is 13.9. The second-order valence-electron chi connectivity index (χ2n) is 8.49. The molecule has 0 spiro atoms. The predicted molar refractivity (Wildman–Crippen MR) is 135 cm³/mol. The number of rotatable bonds is 9. The van der Waals surface area contributed by atoms with Crippen LogP contribution in [-0.4, -0.2) is 88.2 Å². The highest BCUT2D eigenvalue weighted by Gasteiger charge is 2.31. The van der Waals surface area contributed by atoms with E-state index in [-0.39, 0.29) is 42.1 Å². The number of likely N-dealkylation sites (N-methyl/N-ethyl adjacent to an activating group) is 1. The van der Waals surface area contributed by atoms with Crippen LogP contribution >= 0.6 is 11.8 Å². The summed E-state index contributed by atoms with van der Waals surface area (Å²) in [5.41, 5.74) is 1.65. The molecule has 9 nitrogen and oxygen atoms in total. The minimum Gasteiger partial charge on any atom is -0.379 e. The quantitative estimate of drug-likeness (QED) is 0.536. The molecule has 2 amide bonds. The van der Waals surface area contributed by atoms with Crippen LogP contribution in [-0.2, 0) is 30.9 Å². The largest absolute Gasteiger partial charge is 0.379 e. The maximum Gasteiger partial charge on any atom is 0.243 e. The fourth-order valence-electron chi connectivity index (χ4n) is 4.01. The van der Waals surface area contributed by atoms with Crippen LogP contribution in [0, 0.1) is 0 Å². The fraction of sp³-hybridized carbons (Fsp3) is 0.417. The molecule has 2 aliphatic heterocycles. The van der Waals surface area contributed by atoms with Crippen molar-refractivity contribution in [1.29, 1.82) is 0 Å². The molecule has 1 saturated heterocycles. The van der Waals surface area contributed by atoms with Crippen molar-refractivity contribution in [3.8, 4) is 0 Å². The third kappa shape index (κ3) is 6.42. The summed E-state index contributed by atoms with van der Waals surface area (Å²) in [6.07, 6.45) is 0. The van der Waals surface area contributed by atoms with Gasteiger partial charge in [0.05, 0.1) is 29.5 Å². The smallest absolute Gasteiger partial charge is 0.243 e. The molecule has 0 atom stereocenters. The van der Waals surface area contributed by atoms with Gasteiger partial charge in [0.1, 0.15) is 6.54 Å². The van der Waals surface area contributed by atoms with E-state index in [9.17, 15) is 18.0 Å². The minimum atomic E-state index is -3.71. The topological polar surface area (TPSA) is 99.3 Å². The van der Waals surface area contributed by atoms with E-state index in [1.165, 1.54) is 32.6 Å². The van der Waals surface area contributed by atoms with Crippen molar-refractivity contribution >= 4 is 39.3 Å². The number of anilines is 1. The number of thioether (sulfide) groups is 1. The van der Waals surface area contributed by atoms with Crippen molar-refractivity contribution in [3.63, 3.8) is 0 Å². The maximum absolute atomic E-state index is 13.1. The molecule has 188 valence electrons. The Balaban J connectivity index is 1.39. The Morgan fingerprint density at radius 2 is 1.89 bits per heavy atom. The molecule has 2 aromatic carbocycles. The van der Waals surface area contributed by atoms with Crippen LogP contribution in [0.25, 0.3) is 0 Å². The van der Waals surface area contributed by atoms with Crippen LogP contribution < -0.4 is 10.2 Å². The van der Waals surface area contributed by atoms with Gasteiger partial charge in [0.15, 0.2) is 0 Å². The Morgan fingerprint density at radius 1 is 1.14 bits per heavy atom. The summed E-state index contributed by atoms with van der Waals surface area (Å²) >= 11 is 1.35. The van der Waals surface area contributed by atoms with Crippen LogP contribution in [0.1, 0.15) is 5.56 Å². The van der Waals surface area contributed by atoms with Crippen molar-refractivity contribution in [2.75, 3.05) is 63.6 Å². The van der Waals surface area contributed by atoms with Crippen LogP contribution in [0.15, 0.2) is 58.3 Å². The lowest BCUT2D eigenvalue weighted by Gasteiger charge is -2.30. The Kier molecular flexibility index (Phi) is 8.45. The molecule has 2 aliphatic rings. The molecule has 2 heterocycles. The number of sulfonamides is 1. The van der Waals surface area contributed by atoms with Gasteiger partial charge in [-0.15, -0.1) is 11.8 Å². The van der Waals surface area contributed by atoms with Gasteiger partial charge in [-0.1, -0.05) is 30.3 Å². The van der Waals surface area contributed by atoms with Gasteiger partial charge in [0, 0.05) is 37.6 Å². The van der Waals surface area contributed by atoms with Crippen LogP contribution in [0.5, 0.6) is 0 Å². The van der Waals surface area contributed by atoms with Crippen molar-refractivity contribution in [2.24, 2.45) is 0 Å². The molecule has 1 fully saturated rings. The average Bonchev–Trinajstić information content (AvgIpc) is 2.86. The fourth-order valence-corrected chi connectivity index (χ4v) is 6.36. The van der Waals surface area contributed by atoms with E-state index >= 15 is 0 Å². The van der Waals surface area contributed by atoms with Crippen LogP contribution in [0.3, 0.4) is 0 Å². The number of morpholine rings is 1. The summed E-state index contributed by atoms with van der Waals surface area (Å²) in [7, 11) is -1.73. The Bertz CT molecular complexity index is 1150. The number of carbonyl (C=O) groups is 2. The SMILES string of the molecule is CN(CCNC(=O)CN1C(=O)CSc2ccc(S(=O)(=O)N3CCOCC3)cc21)Cc1ccccc1. The standard InChI is InChI=1S/C24H30N4O5S2/c1-26(16-19-5-3-2-4-6-19)10-9-25-23(29)17-28-21-15-20(7-8-22(21)34-18-24(28)30)35(31,32)27-11-13-33-14-12-27/h2-8,15H,9-14,16-18H2,1H3,(H,25,29). The lowest BCUT2D eigenvalue weighted by molar-refractivity contribution is -0.123. The molecule has 4 rings (SSSR count). The van der Waals surface area contributed by atoms with Crippen molar-refractivity contribution in [1.82, 2.24) is 14.5 Å². The number of nitrogens with zero attached hydrogens (tertiary/aromatic N) is 3. The lowest BCUT2D eigenvalue weighted by Crippen LogP contribution is -2.45. The molecule has 0 aromatic heterocycles. The molecule has 2 aromatic rings. The van der Waals surface area contributed by atoms with Gasteiger partial charge < -0.3 is 19.9 Å². The number of hydrogen-bond acceptors (Lipinski definition) is 7. The summed E-state index contributed by atoms with van der Waals surface area (Å²) in [4.78, 5) is 29.7. The Morgan fingerprint density at radius 3 is 2.63 bits per heavy atom. The third-order valence-electron chi connectivity index (χ3n) is 5.89. The van der Waals surface area contributed by atoms with Gasteiger partial charge in [0.25, 0.3) is 0 Å². The molecule has 1 N–H and O–H groups in total. The normalized spacial score (nSPS) is 16.9. The van der Waals surface area contributed by atoms with E-state index in [2.05, 4.69) is 22.3 Å². The zero-order chi connectivity index (χ0) is 24.8. The molecule has 0 bridgehead atoms. The van der Waals surface area contributed by atoms with Crippen molar-refractivity contribution in [2.45, 2.75) is 16.3 Å². The lowest BCUT2D eigenvalue weighted by atomic mass is 10.2. The summed E-state index contributed by atoms with van der Waals surface area (Å²) in [5.74, 6) is -0.305. The highest BCUT2D eigenvalue weighted by molar-refractivity contribution is 8.00. The number of ether oxygens (including phenoxy) is 1. The molecule has 35 heavy (non-hydrogen) atoms. The minimum absolute atomic E-state index is 0.112. The molecule has 0 unspecified atom stereocenters. The number of hydrogen-bond donors (Lipinski definition) is 1. The van der Waals surface area contributed by atoms with E-state index in [0.29, 0.717) is 32.0 Å². The molecular formula is C24H30N4O5S2. The first-order chi connectivity index (χ1) is 16.8. The number of benzene rings is 2. The number of fused-ring (bicyclic) bond motifs is 1. The van der Waals surface area contributed by atoms with Crippen molar-refractivity contribution in [3.05, 3.63) is 54.1 Å². The zero-order valence-electron chi connectivity index (χ0n) is 19.7. The van der Waals surface area contributed by atoms with Gasteiger partial charge >= 0.3 is 0 Å². The van der Waals surface area contributed by atoms with Crippen molar-refractivity contribution < 1.29 is 22.7 Å². The van der Waals surface area contributed by atoms with Gasteiger partial charge in [-0.05, 0) is 30.8 Å². The first kappa shape index (κ1) is 25.6. The third-order valence-corrected chi connectivity index (χ3v) is 8.84. The van der Waals surface area contributed by atoms with E-state index in [4.69, 9.17) is 4.74 Å². The monoisotopic (exact) mass is 518 g/mol. The van der Waals surface area contributed by atoms with Gasteiger partial charge in [-0.3, -0.25) is 9.59 Å². The van der Waals surface area contributed by atoms with Gasteiger partial charge in [-0.2, -0.15) is 4.31 Å². The summed E-state index contributed by atoms with van der Waals surface area (Å²) in [6, 6.07) is 14.9. The summed E-state index contributed by atoms with van der Waals surface area (Å²) in [5, 5.41) is 2.87. The van der Waals surface area contributed by atoms with E-state index in [1.54, 1.807) is 12.1 Å². The first-order valence-electron chi connectivity index (χ1n) is 11.5. The van der Waals surface area contributed by atoms with Crippen LogP contribution in [0.2, 0.25) is 0 Å². The molecule has 0 radical (unpaired) electrons. The molecule has 0 saturated carbocycles. The highest BCUT2D eigenvalue weighted by atomic mass is 32.2. The Labute approximate surface area is 210 Å². The summed E-state index contributed by atoms with van der Waals surface area (Å²) in [6.45, 7) is 2.99. The van der Waals surface area contributed by atoms with E-state index < -0.39 is 10.0 Å². The van der Waals surface area contributed by atoms with Crippen LogP contribution in [0.4, 0.5) is 5.69 Å². The Hall–Kier alpha value is -2.44.